The molecule has 4 nitrogen and oxygen atoms in total. The molecule has 1 heterocycles. The zero-order valence-electron chi connectivity index (χ0n) is 16.4. The first kappa shape index (κ1) is 19.6. The topological polar surface area (TPSA) is 39.7 Å². The molecule has 146 valence electrons. The van der Waals surface area contributed by atoms with Gasteiger partial charge in [0.25, 0.3) is 0 Å². The summed E-state index contributed by atoms with van der Waals surface area (Å²) >= 11 is 0. The van der Waals surface area contributed by atoms with E-state index in [1.54, 1.807) is 0 Å². The lowest BCUT2D eigenvalue weighted by molar-refractivity contribution is 0.0679. The lowest BCUT2D eigenvalue weighted by Gasteiger charge is -2.12. The van der Waals surface area contributed by atoms with E-state index in [2.05, 4.69) is 31.3 Å². The van der Waals surface area contributed by atoms with Crippen molar-refractivity contribution in [2.24, 2.45) is 5.92 Å². The monoisotopic (exact) mass is 369 g/mol. The number of ether oxygens (including phenoxy) is 3. The standard InChI is InChI=1S/C23H31NO3/c1-18(2)13-15-26-21-9-5-19(6-10-21)16-24-20-7-11-22(12-8-20)27-17-23-4-3-14-25-23/h5-12,18,23-24H,3-4,13-17H2,1-2H3. The molecule has 0 spiro atoms. The van der Waals surface area contributed by atoms with Crippen molar-refractivity contribution in [2.45, 2.75) is 45.8 Å². The van der Waals surface area contributed by atoms with Gasteiger partial charge in [-0.1, -0.05) is 26.0 Å². The van der Waals surface area contributed by atoms with E-state index in [0.29, 0.717) is 12.5 Å². The average Bonchev–Trinajstić information content (AvgIpc) is 3.20. The van der Waals surface area contributed by atoms with Gasteiger partial charge in [0, 0.05) is 18.8 Å². The smallest absolute Gasteiger partial charge is 0.119 e. The second kappa shape index (κ2) is 10.2. The van der Waals surface area contributed by atoms with Crippen molar-refractivity contribution >= 4 is 5.69 Å². The van der Waals surface area contributed by atoms with Gasteiger partial charge >= 0.3 is 0 Å². The number of nitrogens with one attached hydrogen (secondary N) is 1. The number of hydrogen-bond acceptors (Lipinski definition) is 4. The van der Waals surface area contributed by atoms with Crippen molar-refractivity contribution < 1.29 is 14.2 Å². The zero-order valence-corrected chi connectivity index (χ0v) is 16.4. The minimum atomic E-state index is 0.250. The second-order valence-corrected chi connectivity index (χ2v) is 7.50. The van der Waals surface area contributed by atoms with Crippen molar-refractivity contribution in [3.8, 4) is 11.5 Å². The highest BCUT2D eigenvalue weighted by atomic mass is 16.5. The largest absolute Gasteiger partial charge is 0.494 e. The first-order chi connectivity index (χ1) is 13.2. The molecule has 0 bridgehead atoms. The molecule has 3 rings (SSSR count). The molecule has 1 aliphatic heterocycles. The molecular formula is C23H31NO3. The van der Waals surface area contributed by atoms with E-state index in [0.717, 1.165) is 56.2 Å². The van der Waals surface area contributed by atoms with Crippen molar-refractivity contribution in [2.75, 3.05) is 25.1 Å². The van der Waals surface area contributed by atoms with Crippen LogP contribution >= 0.6 is 0 Å². The van der Waals surface area contributed by atoms with Crippen molar-refractivity contribution in [1.82, 2.24) is 0 Å². The normalized spacial score (nSPS) is 16.5. The van der Waals surface area contributed by atoms with Crippen LogP contribution in [0.15, 0.2) is 48.5 Å². The van der Waals surface area contributed by atoms with Crippen LogP contribution in [-0.4, -0.2) is 25.9 Å². The third-order valence-electron chi connectivity index (χ3n) is 4.70. The molecular weight excluding hydrogens is 338 g/mol. The van der Waals surface area contributed by atoms with Crippen LogP contribution < -0.4 is 14.8 Å². The lowest BCUT2D eigenvalue weighted by atomic mass is 10.1. The van der Waals surface area contributed by atoms with Crippen LogP contribution in [0.5, 0.6) is 11.5 Å². The van der Waals surface area contributed by atoms with Crippen LogP contribution in [-0.2, 0) is 11.3 Å². The minimum Gasteiger partial charge on any atom is -0.494 e. The van der Waals surface area contributed by atoms with E-state index in [9.17, 15) is 0 Å². The first-order valence-electron chi connectivity index (χ1n) is 9.99. The molecule has 1 atom stereocenters. The third kappa shape index (κ3) is 6.79. The Morgan fingerprint density at radius 1 is 1.00 bits per heavy atom. The van der Waals surface area contributed by atoms with E-state index in [-0.39, 0.29) is 6.10 Å². The molecule has 1 fully saturated rings. The second-order valence-electron chi connectivity index (χ2n) is 7.50. The Hall–Kier alpha value is -2.20. The van der Waals surface area contributed by atoms with Gasteiger partial charge in [0.1, 0.15) is 18.1 Å². The Kier molecular flexibility index (Phi) is 7.40. The highest BCUT2D eigenvalue weighted by Gasteiger charge is 2.15. The Morgan fingerprint density at radius 3 is 2.37 bits per heavy atom. The van der Waals surface area contributed by atoms with Crippen LogP contribution in [0.4, 0.5) is 5.69 Å². The quantitative estimate of drug-likeness (QED) is 0.618. The fourth-order valence-electron chi connectivity index (χ4n) is 2.95. The molecule has 1 saturated heterocycles. The van der Waals surface area contributed by atoms with Gasteiger partial charge in [0.15, 0.2) is 0 Å². The van der Waals surface area contributed by atoms with E-state index in [1.807, 2.05) is 36.4 Å². The summed E-state index contributed by atoms with van der Waals surface area (Å²) in [5.74, 6) is 2.49. The molecule has 0 aliphatic carbocycles. The van der Waals surface area contributed by atoms with Crippen LogP contribution in [0.1, 0.15) is 38.7 Å². The maximum atomic E-state index is 5.80. The molecule has 0 amide bonds. The minimum absolute atomic E-state index is 0.250. The number of anilines is 1. The SMILES string of the molecule is CC(C)CCOc1ccc(CNc2ccc(OCC3CCCO3)cc2)cc1. The van der Waals surface area contributed by atoms with Gasteiger partial charge in [-0.2, -0.15) is 0 Å². The van der Waals surface area contributed by atoms with Crippen LogP contribution in [0.3, 0.4) is 0 Å². The van der Waals surface area contributed by atoms with Gasteiger partial charge in [-0.3, -0.25) is 0 Å². The summed E-state index contributed by atoms with van der Waals surface area (Å²) in [6, 6.07) is 16.4. The Morgan fingerprint density at radius 2 is 1.70 bits per heavy atom. The molecule has 0 saturated carbocycles. The molecule has 27 heavy (non-hydrogen) atoms. The van der Waals surface area contributed by atoms with Gasteiger partial charge in [0.05, 0.1) is 12.7 Å². The summed E-state index contributed by atoms with van der Waals surface area (Å²) in [4.78, 5) is 0. The number of rotatable bonds is 10. The van der Waals surface area contributed by atoms with Gasteiger partial charge < -0.3 is 19.5 Å². The zero-order chi connectivity index (χ0) is 18.9. The first-order valence-corrected chi connectivity index (χ1v) is 9.99. The van der Waals surface area contributed by atoms with Crippen LogP contribution in [0, 0.1) is 5.92 Å². The summed E-state index contributed by atoms with van der Waals surface area (Å²) in [6.45, 7) is 7.47. The van der Waals surface area contributed by atoms with Crippen molar-refractivity contribution in [1.29, 1.82) is 0 Å². The molecule has 1 N–H and O–H groups in total. The van der Waals surface area contributed by atoms with Gasteiger partial charge in [-0.05, 0) is 67.1 Å². The molecule has 1 unspecified atom stereocenters. The van der Waals surface area contributed by atoms with Crippen molar-refractivity contribution in [3.05, 3.63) is 54.1 Å². The molecule has 1 aliphatic rings. The molecule has 0 aromatic heterocycles. The van der Waals surface area contributed by atoms with Gasteiger partial charge in [-0.15, -0.1) is 0 Å². The maximum Gasteiger partial charge on any atom is 0.119 e. The Balaban J connectivity index is 1.40. The summed E-state index contributed by atoms with van der Waals surface area (Å²) in [7, 11) is 0. The summed E-state index contributed by atoms with van der Waals surface area (Å²) < 4.78 is 17.1. The highest BCUT2D eigenvalue weighted by Crippen LogP contribution is 2.19. The fraction of sp³-hybridized carbons (Fsp3) is 0.478. The Labute approximate surface area is 162 Å². The van der Waals surface area contributed by atoms with E-state index < -0.39 is 0 Å². The third-order valence-corrected chi connectivity index (χ3v) is 4.70. The average molecular weight is 370 g/mol. The van der Waals surface area contributed by atoms with Crippen molar-refractivity contribution in [3.63, 3.8) is 0 Å². The fourth-order valence-corrected chi connectivity index (χ4v) is 2.95. The predicted molar refractivity (Wildman–Crippen MR) is 110 cm³/mol. The van der Waals surface area contributed by atoms with E-state index in [1.165, 1.54) is 5.56 Å². The maximum absolute atomic E-state index is 5.80. The summed E-state index contributed by atoms with van der Waals surface area (Å²) in [5.41, 5.74) is 2.31. The lowest BCUT2D eigenvalue weighted by Crippen LogP contribution is -2.16. The number of benzene rings is 2. The van der Waals surface area contributed by atoms with Gasteiger partial charge in [0.2, 0.25) is 0 Å². The summed E-state index contributed by atoms with van der Waals surface area (Å²) in [6.07, 6.45) is 3.57. The molecule has 2 aromatic rings. The highest BCUT2D eigenvalue weighted by molar-refractivity contribution is 5.47. The number of hydrogen-bond donors (Lipinski definition) is 1. The van der Waals surface area contributed by atoms with E-state index in [4.69, 9.17) is 14.2 Å². The molecule has 2 aromatic carbocycles. The van der Waals surface area contributed by atoms with Crippen LogP contribution in [0.2, 0.25) is 0 Å². The van der Waals surface area contributed by atoms with Crippen LogP contribution in [0.25, 0.3) is 0 Å². The molecule has 4 heteroatoms. The van der Waals surface area contributed by atoms with Gasteiger partial charge in [-0.25, -0.2) is 0 Å². The predicted octanol–water partition coefficient (Wildman–Crippen LogP) is 5.28. The van der Waals surface area contributed by atoms with E-state index >= 15 is 0 Å². The molecule has 0 radical (unpaired) electrons. The summed E-state index contributed by atoms with van der Waals surface area (Å²) in [5, 5.41) is 3.44. The Bertz CT molecular complexity index is 661.